The van der Waals surface area contributed by atoms with Crippen molar-refractivity contribution in [3.8, 4) is 0 Å². The minimum Gasteiger partial charge on any atom is -0.368 e. The van der Waals surface area contributed by atoms with Gasteiger partial charge < -0.3 is 20.9 Å². The van der Waals surface area contributed by atoms with Crippen LogP contribution in [0, 0.1) is 0 Å². The van der Waals surface area contributed by atoms with Crippen LogP contribution >= 0.6 is 0 Å². The quantitative estimate of drug-likeness (QED) is 0.174. The molecule has 3 aromatic rings. The van der Waals surface area contributed by atoms with Crippen LogP contribution in [-0.4, -0.2) is 68.9 Å². The van der Waals surface area contributed by atoms with Crippen molar-refractivity contribution in [1.29, 1.82) is 0 Å². The Morgan fingerprint density at radius 1 is 0.711 bits per heavy atom. The third-order valence-corrected chi connectivity index (χ3v) is 7.41. The number of nitrogens with two attached hydrogens (primary N) is 1. The van der Waals surface area contributed by atoms with Crippen LogP contribution in [0.25, 0.3) is 0 Å². The summed E-state index contributed by atoms with van der Waals surface area (Å²) in [6.45, 7) is 0. The fraction of sp³-hybridized carbons (Fsp3) is 0.0625. The summed E-state index contributed by atoms with van der Waals surface area (Å²) < 4.78 is 123. The van der Waals surface area contributed by atoms with E-state index >= 15 is 0 Å². The number of anilines is 5. The summed E-state index contributed by atoms with van der Waals surface area (Å²) in [6.07, 6.45) is 0.888. The Hall–Kier alpha value is -3.51. The van der Waals surface area contributed by atoms with E-state index in [1.165, 1.54) is 0 Å². The SMILES string of the molecule is CS(=O)(O)=Nc1ccc(S(=O)(=O)O)c(Nc2nc(N)nc(Nc3cc(S(=O)(=O)O)ccc3S(=O)(=O)O)n2)c1. The molecular formula is C16H17N7O11S4. The minimum absolute atomic E-state index is 0.185. The highest BCUT2D eigenvalue weighted by atomic mass is 32.2. The summed E-state index contributed by atoms with van der Waals surface area (Å²) >= 11 is 0. The maximum Gasteiger partial charge on any atom is 0.296 e. The smallest absolute Gasteiger partial charge is 0.296 e. The predicted octanol–water partition coefficient (Wildman–Crippen LogP) is 0.883. The lowest BCUT2D eigenvalue weighted by molar-refractivity contribution is 0.479. The second-order valence-corrected chi connectivity index (χ2v) is 13.1. The number of benzene rings is 2. The fourth-order valence-corrected chi connectivity index (χ4v) is 5.10. The summed E-state index contributed by atoms with van der Waals surface area (Å²) in [5.74, 6) is -1.60. The van der Waals surface area contributed by atoms with Crippen molar-refractivity contribution in [2.75, 3.05) is 22.6 Å². The van der Waals surface area contributed by atoms with Gasteiger partial charge in [-0.3, -0.25) is 13.7 Å². The Bertz CT molecular complexity index is 1880. The zero-order valence-corrected chi connectivity index (χ0v) is 21.9. The predicted molar refractivity (Wildman–Crippen MR) is 132 cm³/mol. The first-order valence-corrected chi connectivity index (χ1v) is 15.6. The Labute approximate surface area is 215 Å². The molecule has 0 fully saturated rings. The number of hydrogen-bond acceptors (Lipinski definition) is 14. The van der Waals surface area contributed by atoms with Gasteiger partial charge in [0, 0.05) is 6.26 Å². The zero-order chi connectivity index (χ0) is 28.7. The van der Waals surface area contributed by atoms with Crippen molar-refractivity contribution in [2.24, 2.45) is 4.36 Å². The highest BCUT2D eigenvalue weighted by molar-refractivity contribution is 7.87. The van der Waals surface area contributed by atoms with Crippen molar-refractivity contribution in [3.05, 3.63) is 36.4 Å². The Kier molecular flexibility index (Phi) is 7.64. The van der Waals surface area contributed by atoms with Crippen molar-refractivity contribution in [2.45, 2.75) is 14.7 Å². The van der Waals surface area contributed by atoms with Gasteiger partial charge in [-0.15, -0.1) is 0 Å². The largest absolute Gasteiger partial charge is 0.368 e. The van der Waals surface area contributed by atoms with Gasteiger partial charge in [-0.1, -0.05) is 0 Å². The first-order valence-electron chi connectivity index (χ1n) is 9.43. The topological polar surface area (TPSA) is 302 Å². The van der Waals surface area contributed by atoms with Crippen molar-refractivity contribution in [3.63, 3.8) is 0 Å². The van der Waals surface area contributed by atoms with E-state index in [2.05, 4.69) is 29.9 Å². The summed E-state index contributed by atoms with van der Waals surface area (Å²) in [4.78, 5) is 8.91. The molecule has 22 heteroatoms. The van der Waals surface area contributed by atoms with E-state index in [4.69, 9.17) is 5.73 Å². The van der Waals surface area contributed by atoms with Crippen LogP contribution in [0.2, 0.25) is 0 Å². The molecule has 0 aliphatic rings. The molecule has 206 valence electrons. The van der Waals surface area contributed by atoms with E-state index in [1.54, 1.807) is 0 Å². The van der Waals surface area contributed by atoms with Crippen LogP contribution in [-0.2, 0) is 40.4 Å². The fourth-order valence-electron chi connectivity index (χ4n) is 2.83. The number of nitrogens with one attached hydrogen (secondary N) is 2. The molecule has 1 atom stereocenters. The lowest BCUT2D eigenvalue weighted by atomic mass is 10.3. The van der Waals surface area contributed by atoms with Crippen LogP contribution in [0.1, 0.15) is 0 Å². The van der Waals surface area contributed by atoms with Gasteiger partial charge in [0.2, 0.25) is 17.8 Å². The Morgan fingerprint density at radius 3 is 1.63 bits per heavy atom. The Balaban J connectivity index is 2.12. The molecule has 0 spiro atoms. The van der Waals surface area contributed by atoms with Crippen molar-refractivity contribution >= 4 is 75.3 Å². The molecule has 0 bridgehead atoms. The molecular weight excluding hydrogens is 594 g/mol. The van der Waals surface area contributed by atoms with Gasteiger partial charge in [-0.05, 0) is 36.4 Å². The number of nitrogens with zero attached hydrogens (tertiary/aromatic N) is 4. The van der Waals surface area contributed by atoms with E-state index in [0.717, 1.165) is 24.5 Å². The maximum absolute atomic E-state index is 11.8. The van der Waals surface area contributed by atoms with Gasteiger partial charge in [-0.25, -0.2) is 4.21 Å². The van der Waals surface area contributed by atoms with E-state index in [-0.39, 0.29) is 5.69 Å². The first-order chi connectivity index (χ1) is 17.2. The number of rotatable bonds is 8. The Morgan fingerprint density at radius 2 is 1.18 bits per heavy atom. The molecule has 3 rings (SSSR count). The molecule has 2 aromatic carbocycles. The van der Waals surface area contributed by atoms with Crippen molar-refractivity contribution in [1.82, 2.24) is 15.0 Å². The third kappa shape index (κ3) is 7.51. The van der Waals surface area contributed by atoms with E-state index in [1.807, 2.05) is 0 Å². The molecule has 0 radical (unpaired) electrons. The van der Waals surface area contributed by atoms with Crippen molar-refractivity contribution < 1.29 is 47.7 Å². The average molecular weight is 612 g/mol. The minimum atomic E-state index is -4.93. The molecule has 0 amide bonds. The van der Waals surface area contributed by atoms with Gasteiger partial charge in [0.1, 0.15) is 9.79 Å². The van der Waals surface area contributed by atoms with E-state index in [0.29, 0.717) is 18.2 Å². The summed E-state index contributed by atoms with van der Waals surface area (Å²) in [5.41, 5.74) is 4.40. The first kappa shape index (κ1) is 29.1. The monoisotopic (exact) mass is 611 g/mol. The van der Waals surface area contributed by atoms with Crippen LogP contribution in [0.5, 0.6) is 0 Å². The van der Waals surface area contributed by atoms with Crippen LogP contribution in [0.4, 0.5) is 34.9 Å². The third-order valence-electron chi connectivity index (χ3n) is 4.19. The second kappa shape index (κ2) is 9.99. The summed E-state index contributed by atoms with van der Waals surface area (Å²) in [7, 11) is -18.3. The van der Waals surface area contributed by atoms with E-state index < -0.39 is 84.3 Å². The van der Waals surface area contributed by atoms with Gasteiger partial charge >= 0.3 is 0 Å². The molecule has 1 aromatic heterocycles. The van der Waals surface area contributed by atoms with E-state index in [9.17, 15) is 47.7 Å². The summed E-state index contributed by atoms with van der Waals surface area (Å²) in [5, 5.41) is 4.69. The molecule has 0 saturated heterocycles. The van der Waals surface area contributed by atoms with Gasteiger partial charge in [0.05, 0.1) is 22.0 Å². The molecule has 18 nitrogen and oxygen atoms in total. The number of nitrogen functional groups attached to an aromatic ring is 1. The zero-order valence-electron chi connectivity index (χ0n) is 18.6. The molecule has 0 saturated carbocycles. The number of hydrogen-bond donors (Lipinski definition) is 7. The molecule has 0 aliphatic carbocycles. The molecule has 1 unspecified atom stereocenters. The van der Waals surface area contributed by atoms with Crippen LogP contribution in [0.3, 0.4) is 0 Å². The van der Waals surface area contributed by atoms with Crippen LogP contribution < -0.4 is 16.4 Å². The molecule has 8 N–H and O–H groups in total. The highest BCUT2D eigenvalue weighted by Crippen LogP contribution is 2.31. The molecule has 1 heterocycles. The van der Waals surface area contributed by atoms with Gasteiger partial charge in [0.15, 0.2) is 10.0 Å². The lowest BCUT2D eigenvalue weighted by Crippen LogP contribution is -2.11. The normalized spacial score (nSPS) is 13.9. The summed E-state index contributed by atoms with van der Waals surface area (Å²) in [6, 6.07) is 4.87. The second-order valence-electron chi connectivity index (χ2n) is 7.21. The number of aromatic nitrogens is 3. The van der Waals surface area contributed by atoms with Gasteiger partial charge in [-0.2, -0.15) is 44.6 Å². The van der Waals surface area contributed by atoms with Gasteiger partial charge in [0.25, 0.3) is 30.4 Å². The highest BCUT2D eigenvalue weighted by Gasteiger charge is 2.22. The maximum atomic E-state index is 11.8. The average Bonchev–Trinajstić information content (AvgIpc) is 2.70. The van der Waals surface area contributed by atoms with Crippen LogP contribution in [0.15, 0.2) is 55.4 Å². The lowest BCUT2D eigenvalue weighted by Gasteiger charge is -2.13. The molecule has 38 heavy (non-hydrogen) atoms. The molecule has 0 aliphatic heterocycles. The standard InChI is InChI=1S/C16H17N7O11S4/c1-35(24,25)23-8-2-4-12(37(29,30)31)10(6-8)18-15-20-14(17)21-16(22-15)19-11-7-9(36(26,27)28)3-5-13(11)38(32,33)34/h2-7H,1H3,(H,23,24,25)(H,26,27,28)(H,29,30,31)(H,32,33,34)(H4,17,18,19,20,21,22).